The van der Waals surface area contributed by atoms with Gasteiger partial charge in [0, 0.05) is 43.1 Å². The van der Waals surface area contributed by atoms with Gasteiger partial charge in [-0.3, -0.25) is 4.79 Å². The van der Waals surface area contributed by atoms with Gasteiger partial charge in [-0.1, -0.05) is 11.6 Å². The molecule has 1 atom stereocenters. The molecule has 128 valence electrons. The zero-order chi connectivity index (χ0) is 17.1. The van der Waals surface area contributed by atoms with E-state index < -0.39 is 0 Å². The van der Waals surface area contributed by atoms with Crippen LogP contribution in [0.2, 0.25) is 5.02 Å². The first-order valence-electron chi connectivity index (χ1n) is 8.32. The molecule has 1 aromatic heterocycles. The summed E-state index contributed by atoms with van der Waals surface area (Å²) in [5.74, 6) is 0.517. The van der Waals surface area contributed by atoms with Gasteiger partial charge in [0.25, 0.3) is 5.56 Å². The molecule has 2 heterocycles. The van der Waals surface area contributed by atoms with Crippen LogP contribution in [0.1, 0.15) is 29.5 Å². The van der Waals surface area contributed by atoms with Crippen molar-refractivity contribution in [3.05, 3.63) is 56.6 Å². The predicted octanol–water partition coefficient (Wildman–Crippen LogP) is 2.80. The lowest BCUT2D eigenvalue weighted by Crippen LogP contribution is -2.47. The van der Waals surface area contributed by atoms with Gasteiger partial charge < -0.3 is 15.2 Å². The van der Waals surface area contributed by atoms with Gasteiger partial charge in [0.05, 0.1) is 0 Å². The van der Waals surface area contributed by atoms with E-state index in [4.69, 9.17) is 11.6 Å². The highest BCUT2D eigenvalue weighted by molar-refractivity contribution is 6.30. The molecule has 1 aromatic carbocycles. The number of aromatic amines is 1. The minimum absolute atomic E-state index is 0.123. The Morgan fingerprint density at radius 3 is 2.83 bits per heavy atom. The van der Waals surface area contributed by atoms with Crippen molar-refractivity contribution >= 4 is 17.4 Å². The number of H-pyrrole nitrogens is 1. The van der Waals surface area contributed by atoms with Gasteiger partial charge in [0.2, 0.25) is 0 Å². The van der Waals surface area contributed by atoms with Crippen molar-refractivity contribution in [3.8, 4) is 0 Å². The summed E-state index contributed by atoms with van der Waals surface area (Å²) < 4.78 is 0. The monoisotopic (exact) mass is 346 g/mol. The number of anilines is 1. The van der Waals surface area contributed by atoms with E-state index in [0.29, 0.717) is 11.9 Å². The van der Waals surface area contributed by atoms with E-state index in [9.17, 15) is 4.79 Å². The third kappa shape index (κ3) is 3.79. The lowest BCUT2D eigenvalue weighted by Gasteiger charge is -2.33. The van der Waals surface area contributed by atoms with Crippen LogP contribution in [0.3, 0.4) is 0 Å². The number of aryl methyl sites for hydroxylation is 2. The maximum absolute atomic E-state index is 11.9. The van der Waals surface area contributed by atoms with Crippen molar-refractivity contribution in [1.29, 1.82) is 0 Å². The molecule has 1 unspecified atom stereocenters. The van der Waals surface area contributed by atoms with E-state index in [0.717, 1.165) is 37.5 Å². The maximum Gasteiger partial charge on any atom is 0.290 e. The number of aromatic nitrogens is 2. The van der Waals surface area contributed by atoms with Crippen LogP contribution in [0.25, 0.3) is 0 Å². The van der Waals surface area contributed by atoms with Crippen LogP contribution in [-0.4, -0.2) is 29.1 Å². The Morgan fingerprint density at radius 1 is 1.38 bits per heavy atom. The van der Waals surface area contributed by atoms with E-state index in [1.54, 1.807) is 12.4 Å². The number of halogens is 1. The van der Waals surface area contributed by atoms with Crippen molar-refractivity contribution in [2.75, 3.05) is 18.0 Å². The number of nitrogens with one attached hydrogen (secondary N) is 2. The number of hydrogen-bond acceptors (Lipinski definition) is 4. The average molecular weight is 347 g/mol. The summed E-state index contributed by atoms with van der Waals surface area (Å²) >= 11 is 6.11. The molecule has 3 rings (SSSR count). The average Bonchev–Trinajstić information content (AvgIpc) is 2.54. The van der Waals surface area contributed by atoms with E-state index in [1.165, 1.54) is 16.7 Å². The lowest BCUT2D eigenvalue weighted by molar-refractivity contribution is 0.418. The van der Waals surface area contributed by atoms with Crippen LogP contribution in [0, 0.1) is 13.8 Å². The SMILES string of the molecule is Cc1cc(Cl)cc(C)c1CNC1CCCN(c2ncc[nH]c2=O)C1. The van der Waals surface area contributed by atoms with E-state index in [-0.39, 0.29) is 5.56 Å². The van der Waals surface area contributed by atoms with Crippen LogP contribution in [-0.2, 0) is 6.54 Å². The van der Waals surface area contributed by atoms with Crippen molar-refractivity contribution in [1.82, 2.24) is 15.3 Å². The Bertz CT molecular complexity index is 751. The second-order valence-corrected chi connectivity index (χ2v) is 6.86. The van der Waals surface area contributed by atoms with Crippen LogP contribution in [0.4, 0.5) is 5.82 Å². The standard InChI is InChI=1S/C18H23ClN4O/c1-12-8-14(19)9-13(2)16(12)10-22-15-4-3-7-23(11-15)17-18(24)21-6-5-20-17/h5-6,8-9,15,22H,3-4,7,10-11H2,1-2H3,(H,21,24). The normalized spacial score (nSPS) is 18.0. The van der Waals surface area contributed by atoms with Crippen LogP contribution in [0.5, 0.6) is 0 Å². The molecule has 2 aromatic rings. The molecule has 0 aliphatic carbocycles. The van der Waals surface area contributed by atoms with Crippen molar-refractivity contribution in [2.24, 2.45) is 0 Å². The summed E-state index contributed by atoms with van der Waals surface area (Å²) in [7, 11) is 0. The van der Waals surface area contributed by atoms with Gasteiger partial charge in [-0.2, -0.15) is 0 Å². The summed E-state index contributed by atoms with van der Waals surface area (Å²) in [4.78, 5) is 20.9. The second kappa shape index (κ2) is 7.36. The summed E-state index contributed by atoms with van der Waals surface area (Å²) in [6.45, 7) is 6.67. The molecule has 0 radical (unpaired) electrons. The summed E-state index contributed by atoms with van der Waals surface area (Å²) in [5, 5.41) is 4.42. The van der Waals surface area contributed by atoms with E-state index in [2.05, 4.69) is 34.0 Å². The third-order valence-electron chi connectivity index (χ3n) is 4.64. The molecule has 0 spiro atoms. The summed E-state index contributed by atoms with van der Waals surface area (Å²) in [5.41, 5.74) is 3.59. The molecular weight excluding hydrogens is 324 g/mol. The van der Waals surface area contributed by atoms with E-state index in [1.807, 2.05) is 12.1 Å². The molecule has 0 bridgehead atoms. The molecule has 2 N–H and O–H groups in total. The minimum Gasteiger partial charge on any atom is -0.350 e. The molecular formula is C18H23ClN4O. The van der Waals surface area contributed by atoms with Gasteiger partial charge in [-0.05, 0) is 55.5 Å². The van der Waals surface area contributed by atoms with Gasteiger partial charge in [0.1, 0.15) is 0 Å². The van der Waals surface area contributed by atoms with Crippen LogP contribution in [0.15, 0.2) is 29.3 Å². The zero-order valence-corrected chi connectivity index (χ0v) is 14.9. The largest absolute Gasteiger partial charge is 0.350 e. The number of nitrogens with zero attached hydrogens (tertiary/aromatic N) is 2. The fourth-order valence-electron chi connectivity index (χ4n) is 3.37. The highest BCUT2D eigenvalue weighted by Gasteiger charge is 2.22. The molecule has 1 aliphatic heterocycles. The Balaban J connectivity index is 1.66. The molecule has 1 fully saturated rings. The fourth-order valence-corrected chi connectivity index (χ4v) is 3.70. The first-order valence-corrected chi connectivity index (χ1v) is 8.70. The van der Waals surface area contributed by atoms with Crippen molar-refractivity contribution in [2.45, 2.75) is 39.3 Å². The Kier molecular flexibility index (Phi) is 5.21. The Labute approximate surface area is 147 Å². The van der Waals surface area contributed by atoms with E-state index >= 15 is 0 Å². The Hall–Kier alpha value is -1.85. The minimum atomic E-state index is -0.123. The van der Waals surface area contributed by atoms with Gasteiger partial charge >= 0.3 is 0 Å². The van der Waals surface area contributed by atoms with Crippen LogP contribution < -0.4 is 15.8 Å². The summed E-state index contributed by atoms with van der Waals surface area (Å²) in [6.07, 6.45) is 5.35. The fraction of sp³-hybridized carbons (Fsp3) is 0.444. The quantitative estimate of drug-likeness (QED) is 0.893. The molecule has 5 nitrogen and oxygen atoms in total. The first kappa shape index (κ1) is 17.0. The predicted molar refractivity (Wildman–Crippen MR) is 97.9 cm³/mol. The smallest absolute Gasteiger partial charge is 0.290 e. The molecule has 1 saturated heterocycles. The molecule has 6 heteroatoms. The Morgan fingerprint density at radius 2 is 2.12 bits per heavy atom. The number of benzene rings is 1. The second-order valence-electron chi connectivity index (χ2n) is 6.43. The molecule has 0 amide bonds. The molecule has 1 aliphatic rings. The maximum atomic E-state index is 11.9. The highest BCUT2D eigenvalue weighted by Crippen LogP contribution is 2.21. The molecule has 24 heavy (non-hydrogen) atoms. The topological polar surface area (TPSA) is 61.0 Å². The lowest BCUT2D eigenvalue weighted by atomic mass is 10.0. The van der Waals surface area contributed by atoms with Gasteiger partial charge in [-0.15, -0.1) is 0 Å². The van der Waals surface area contributed by atoms with Crippen molar-refractivity contribution < 1.29 is 0 Å². The number of hydrogen-bond donors (Lipinski definition) is 2. The summed E-state index contributed by atoms with van der Waals surface area (Å²) in [6, 6.07) is 4.35. The molecule has 0 saturated carbocycles. The first-order chi connectivity index (χ1) is 11.5. The van der Waals surface area contributed by atoms with Gasteiger partial charge in [0.15, 0.2) is 5.82 Å². The number of piperidine rings is 1. The third-order valence-corrected chi connectivity index (χ3v) is 4.86. The van der Waals surface area contributed by atoms with Gasteiger partial charge in [-0.25, -0.2) is 4.98 Å². The van der Waals surface area contributed by atoms with Crippen LogP contribution >= 0.6 is 11.6 Å². The number of rotatable bonds is 4. The zero-order valence-electron chi connectivity index (χ0n) is 14.1. The van der Waals surface area contributed by atoms with Crippen molar-refractivity contribution in [3.63, 3.8) is 0 Å². The highest BCUT2D eigenvalue weighted by atomic mass is 35.5.